The predicted molar refractivity (Wildman–Crippen MR) is 78.3 cm³/mol. The van der Waals surface area contributed by atoms with E-state index in [9.17, 15) is 0 Å². The minimum Gasteiger partial charge on any atom is -0.464 e. The van der Waals surface area contributed by atoms with Gasteiger partial charge in [-0.2, -0.15) is 15.0 Å². The summed E-state index contributed by atoms with van der Waals surface area (Å²) in [5.74, 6) is 1.01. The summed E-state index contributed by atoms with van der Waals surface area (Å²) in [5, 5.41) is 13.9. The summed E-state index contributed by atoms with van der Waals surface area (Å²) in [6, 6.07) is 0.322. The number of nitrogens with one attached hydrogen (secondary N) is 2. The van der Waals surface area contributed by atoms with Crippen molar-refractivity contribution < 1.29 is 4.74 Å². The molecule has 0 spiro atoms. The molecule has 0 aliphatic rings. The van der Waals surface area contributed by atoms with Gasteiger partial charge in [0.25, 0.3) is 0 Å². The van der Waals surface area contributed by atoms with Crippen LogP contribution in [-0.2, 0) is 6.54 Å². The van der Waals surface area contributed by atoms with Crippen LogP contribution in [0, 0.1) is 0 Å². The summed E-state index contributed by atoms with van der Waals surface area (Å²) >= 11 is 0. The third-order valence-corrected chi connectivity index (χ3v) is 2.54. The minimum absolute atomic E-state index is 0.322. The third kappa shape index (κ3) is 4.86. The number of nitrogens with zero attached hydrogens (tertiary/aromatic N) is 6. The van der Waals surface area contributed by atoms with E-state index in [-0.39, 0.29) is 0 Å². The van der Waals surface area contributed by atoms with Crippen LogP contribution in [0.1, 0.15) is 20.3 Å². The molecule has 0 bridgehead atoms. The summed E-state index contributed by atoms with van der Waals surface area (Å²) in [4.78, 5) is 12.7. The summed E-state index contributed by atoms with van der Waals surface area (Å²) in [7, 11) is 0. The number of aryl methyl sites for hydroxylation is 1. The standard InChI is InChI=1S/C12H20N8O/c1-3-13-10-16-11(18-12(17-10)21-4-2)14-6-5-8-20-9-7-15-19-20/h7,9H,3-6,8H2,1-2H3,(H2,13,14,16,17,18). The van der Waals surface area contributed by atoms with E-state index >= 15 is 0 Å². The lowest BCUT2D eigenvalue weighted by Crippen LogP contribution is -2.13. The van der Waals surface area contributed by atoms with Crippen LogP contribution < -0.4 is 15.4 Å². The molecule has 21 heavy (non-hydrogen) atoms. The van der Waals surface area contributed by atoms with Gasteiger partial charge in [0.05, 0.1) is 12.8 Å². The first-order chi connectivity index (χ1) is 10.3. The molecule has 0 aliphatic heterocycles. The van der Waals surface area contributed by atoms with E-state index in [1.165, 1.54) is 0 Å². The molecule has 0 radical (unpaired) electrons. The number of hydrogen-bond donors (Lipinski definition) is 2. The number of ether oxygens (including phenoxy) is 1. The maximum atomic E-state index is 5.33. The molecule has 0 saturated carbocycles. The van der Waals surface area contributed by atoms with Crippen LogP contribution in [-0.4, -0.2) is 49.6 Å². The lowest BCUT2D eigenvalue weighted by molar-refractivity contribution is 0.312. The van der Waals surface area contributed by atoms with Crippen LogP contribution in [0.15, 0.2) is 12.4 Å². The molecule has 0 unspecified atom stereocenters. The summed E-state index contributed by atoms with van der Waals surface area (Å²) < 4.78 is 7.12. The molecule has 9 nitrogen and oxygen atoms in total. The zero-order valence-electron chi connectivity index (χ0n) is 12.3. The van der Waals surface area contributed by atoms with E-state index in [1.807, 2.05) is 20.0 Å². The molecule has 114 valence electrons. The molecule has 0 amide bonds. The fraction of sp³-hybridized carbons (Fsp3) is 0.583. The van der Waals surface area contributed by atoms with Crippen molar-refractivity contribution in [3.63, 3.8) is 0 Å². The van der Waals surface area contributed by atoms with Crippen LogP contribution in [0.5, 0.6) is 6.01 Å². The zero-order valence-corrected chi connectivity index (χ0v) is 12.3. The van der Waals surface area contributed by atoms with Gasteiger partial charge in [-0.15, -0.1) is 5.10 Å². The Balaban J connectivity index is 1.88. The van der Waals surface area contributed by atoms with E-state index in [2.05, 4.69) is 35.9 Å². The van der Waals surface area contributed by atoms with Gasteiger partial charge in [0.1, 0.15) is 0 Å². The number of anilines is 2. The second kappa shape index (κ2) is 7.98. The normalized spacial score (nSPS) is 10.4. The Bertz CT molecular complexity index is 506. The van der Waals surface area contributed by atoms with Gasteiger partial charge in [0.2, 0.25) is 11.9 Å². The van der Waals surface area contributed by atoms with Crippen molar-refractivity contribution in [2.45, 2.75) is 26.8 Å². The first-order valence-corrected chi connectivity index (χ1v) is 7.02. The van der Waals surface area contributed by atoms with Crippen molar-refractivity contribution in [2.24, 2.45) is 0 Å². The fourth-order valence-corrected chi connectivity index (χ4v) is 1.66. The molecule has 0 fully saturated rings. The Kier molecular flexibility index (Phi) is 5.68. The topological polar surface area (TPSA) is 103 Å². The van der Waals surface area contributed by atoms with E-state index in [1.54, 1.807) is 10.9 Å². The quantitative estimate of drug-likeness (QED) is 0.654. The lowest BCUT2D eigenvalue weighted by Gasteiger charge is -2.09. The van der Waals surface area contributed by atoms with Gasteiger partial charge in [0.15, 0.2) is 0 Å². The van der Waals surface area contributed by atoms with Crippen LogP contribution in [0.3, 0.4) is 0 Å². The van der Waals surface area contributed by atoms with Crippen LogP contribution >= 0.6 is 0 Å². The SMILES string of the molecule is CCNc1nc(NCCCn2ccnn2)nc(OCC)n1. The second-order valence-corrected chi connectivity index (χ2v) is 4.17. The maximum Gasteiger partial charge on any atom is 0.323 e. The van der Waals surface area contributed by atoms with Gasteiger partial charge < -0.3 is 15.4 Å². The van der Waals surface area contributed by atoms with Crippen molar-refractivity contribution in [3.8, 4) is 6.01 Å². The van der Waals surface area contributed by atoms with E-state index in [4.69, 9.17) is 4.74 Å². The first kappa shape index (κ1) is 14.9. The first-order valence-electron chi connectivity index (χ1n) is 7.02. The molecule has 2 N–H and O–H groups in total. The number of aromatic nitrogens is 6. The Morgan fingerprint density at radius 3 is 2.62 bits per heavy atom. The third-order valence-electron chi connectivity index (χ3n) is 2.54. The molecule has 2 aromatic rings. The molecule has 0 saturated heterocycles. The van der Waals surface area contributed by atoms with E-state index < -0.39 is 0 Å². The van der Waals surface area contributed by atoms with Gasteiger partial charge >= 0.3 is 6.01 Å². The van der Waals surface area contributed by atoms with E-state index in [0.29, 0.717) is 24.5 Å². The Morgan fingerprint density at radius 2 is 1.95 bits per heavy atom. The largest absolute Gasteiger partial charge is 0.464 e. The molecule has 2 rings (SSSR count). The van der Waals surface area contributed by atoms with Crippen LogP contribution in [0.2, 0.25) is 0 Å². The highest BCUT2D eigenvalue weighted by atomic mass is 16.5. The number of rotatable bonds is 9. The van der Waals surface area contributed by atoms with Gasteiger partial charge in [-0.25, -0.2) is 0 Å². The van der Waals surface area contributed by atoms with Gasteiger partial charge in [-0.3, -0.25) is 4.68 Å². The molecular weight excluding hydrogens is 272 g/mol. The molecule has 9 heteroatoms. The Hall–Kier alpha value is -2.45. The highest BCUT2D eigenvalue weighted by Gasteiger charge is 2.06. The van der Waals surface area contributed by atoms with Crippen molar-refractivity contribution in [2.75, 3.05) is 30.3 Å². The Labute approximate surface area is 123 Å². The van der Waals surface area contributed by atoms with Crippen molar-refractivity contribution in [1.29, 1.82) is 0 Å². The Morgan fingerprint density at radius 1 is 1.14 bits per heavy atom. The monoisotopic (exact) mass is 292 g/mol. The smallest absolute Gasteiger partial charge is 0.323 e. The van der Waals surface area contributed by atoms with E-state index in [0.717, 1.165) is 26.1 Å². The van der Waals surface area contributed by atoms with Gasteiger partial charge in [-0.05, 0) is 20.3 Å². The average Bonchev–Trinajstić information content (AvgIpc) is 2.97. The lowest BCUT2D eigenvalue weighted by atomic mass is 10.4. The predicted octanol–water partition coefficient (Wildman–Crippen LogP) is 0.796. The fourth-order valence-electron chi connectivity index (χ4n) is 1.66. The molecule has 0 aliphatic carbocycles. The van der Waals surface area contributed by atoms with Gasteiger partial charge in [0, 0.05) is 25.8 Å². The molecule has 0 atom stereocenters. The maximum absolute atomic E-state index is 5.33. The molecule has 2 heterocycles. The van der Waals surface area contributed by atoms with Crippen molar-refractivity contribution >= 4 is 11.9 Å². The van der Waals surface area contributed by atoms with Crippen molar-refractivity contribution in [3.05, 3.63) is 12.4 Å². The number of hydrogen-bond acceptors (Lipinski definition) is 8. The highest BCUT2D eigenvalue weighted by molar-refractivity contribution is 5.35. The summed E-state index contributed by atoms with van der Waals surface area (Å²) in [6.07, 6.45) is 4.38. The minimum atomic E-state index is 0.322. The zero-order chi connectivity index (χ0) is 14.9. The average molecular weight is 292 g/mol. The van der Waals surface area contributed by atoms with Crippen molar-refractivity contribution in [1.82, 2.24) is 29.9 Å². The summed E-state index contributed by atoms with van der Waals surface area (Å²) in [6.45, 7) is 6.64. The highest BCUT2D eigenvalue weighted by Crippen LogP contribution is 2.11. The second-order valence-electron chi connectivity index (χ2n) is 4.17. The molecule has 2 aromatic heterocycles. The summed E-state index contributed by atoms with van der Waals surface area (Å²) in [5.41, 5.74) is 0. The van der Waals surface area contributed by atoms with Crippen LogP contribution in [0.25, 0.3) is 0 Å². The molecule has 0 aromatic carbocycles. The van der Waals surface area contributed by atoms with Gasteiger partial charge in [-0.1, -0.05) is 5.21 Å². The van der Waals surface area contributed by atoms with Crippen LogP contribution in [0.4, 0.5) is 11.9 Å². The molecular formula is C12H20N8O.